The molecule has 0 aliphatic rings. The second-order valence-electron chi connectivity index (χ2n) is 6.03. The Bertz CT molecular complexity index is 849. The van der Waals surface area contributed by atoms with Gasteiger partial charge in [-0.3, -0.25) is 4.68 Å². The van der Waals surface area contributed by atoms with Gasteiger partial charge in [0.2, 0.25) is 0 Å². The van der Waals surface area contributed by atoms with Gasteiger partial charge in [0.15, 0.2) is 0 Å². The van der Waals surface area contributed by atoms with E-state index in [1.807, 2.05) is 48.1 Å². The first-order chi connectivity index (χ1) is 12.8. The number of ether oxygens (including phenoxy) is 1. The van der Waals surface area contributed by atoms with Crippen LogP contribution in [0.3, 0.4) is 0 Å². The van der Waals surface area contributed by atoms with E-state index in [9.17, 15) is 0 Å². The third-order valence-electron chi connectivity index (χ3n) is 3.98. The highest BCUT2D eigenvalue weighted by Gasteiger charge is 2.04. The quantitative estimate of drug-likeness (QED) is 0.508. The van der Waals surface area contributed by atoms with Crippen molar-refractivity contribution in [3.8, 4) is 5.75 Å². The average Bonchev–Trinajstić information content (AvgIpc) is 3.17. The summed E-state index contributed by atoms with van der Waals surface area (Å²) in [7, 11) is 0. The molecule has 0 spiro atoms. The number of benzene rings is 2. The minimum atomic E-state index is 0.652. The van der Waals surface area contributed by atoms with Gasteiger partial charge >= 0.3 is 0 Å². The van der Waals surface area contributed by atoms with E-state index in [2.05, 4.69) is 53.7 Å². The van der Waals surface area contributed by atoms with Crippen LogP contribution in [0.1, 0.15) is 30.0 Å². The maximum atomic E-state index is 6.06. The lowest BCUT2D eigenvalue weighted by molar-refractivity contribution is 0.324. The zero-order valence-electron chi connectivity index (χ0n) is 15.1. The molecule has 0 saturated carbocycles. The van der Waals surface area contributed by atoms with Gasteiger partial charge in [0.25, 0.3) is 0 Å². The van der Waals surface area contributed by atoms with Crippen LogP contribution in [0.15, 0.2) is 79.1 Å². The molecule has 0 aliphatic heterocycles. The molecule has 0 radical (unpaired) electrons. The molecule has 0 atom stereocenters. The van der Waals surface area contributed by atoms with Crippen molar-refractivity contribution in [2.45, 2.75) is 19.9 Å². The summed E-state index contributed by atoms with van der Waals surface area (Å²) in [6.07, 6.45) is 13.0. The van der Waals surface area contributed by atoms with E-state index in [1.165, 1.54) is 11.1 Å². The van der Waals surface area contributed by atoms with E-state index in [4.69, 9.17) is 4.74 Å². The predicted octanol–water partition coefficient (Wildman–Crippen LogP) is 5.45. The molecule has 3 rings (SSSR count). The summed E-state index contributed by atoms with van der Waals surface area (Å²) in [6.45, 7) is 3.41. The Hall–Kier alpha value is -3.07. The number of hydrogen-bond donors (Lipinski definition) is 0. The van der Waals surface area contributed by atoms with Crippen molar-refractivity contribution in [3.05, 3.63) is 95.8 Å². The molecule has 1 heterocycles. The standard InChI is InChI=1S/C23H24N2O/c1-2-9-22-14-13-21(19-25-16-8-15-24-25)18-23(22)26-17-7-6-12-20-10-4-3-5-11-20/h2-6,8-16,18H,7,17,19H2,1H3/b9-2+,12-6+. The Morgan fingerprint density at radius 1 is 1.04 bits per heavy atom. The highest BCUT2D eigenvalue weighted by Crippen LogP contribution is 2.23. The van der Waals surface area contributed by atoms with Crippen molar-refractivity contribution in [1.29, 1.82) is 0 Å². The number of aromatic nitrogens is 2. The smallest absolute Gasteiger partial charge is 0.126 e. The van der Waals surface area contributed by atoms with Gasteiger partial charge in [0.05, 0.1) is 13.2 Å². The fourth-order valence-corrected chi connectivity index (χ4v) is 2.72. The zero-order valence-corrected chi connectivity index (χ0v) is 15.1. The third kappa shape index (κ3) is 5.21. The molecule has 2 aromatic carbocycles. The van der Waals surface area contributed by atoms with Gasteiger partial charge in [-0.25, -0.2) is 0 Å². The van der Waals surface area contributed by atoms with Crippen LogP contribution in [0.2, 0.25) is 0 Å². The van der Waals surface area contributed by atoms with Gasteiger partial charge < -0.3 is 4.74 Å². The number of nitrogens with zero attached hydrogens (tertiary/aromatic N) is 2. The first kappa shape index (κ1) is 17.7. The van der Waals surface area contributed by atoms with Crippen LogP contribution in [-0.4, -0.2) is 16.4 Å². The van der Waals surface area contributed by atoms with E-state index in [0.29, 0.717) is 6.61 Å². The molecule has 3 nitrogen and oxygen atoms in total. The normalized spacial score (nSPS) is 11.4. The Morgan fingerprint density at radius 3 is 2.69 bits per heavy atom. The van der Waals surface area contributed by atoms with Gasteiger partial charge in [0, 0.05) is 18.0 Å². The van der Waals surface area contributed by atoms with Crippen molar-refractivity contribution >= 4 is 12.2 Å². The minimum absolute atomic E-state index is 0.652. The molecule has 132 valence electrons. The molecule has 3 aromatic rings. The SMILES string of the molecule is C/C=C/c1ccc(Cn2cccn2)cc1OCC/C=C/c1ccccc1. The molecule has 0 unspecified atom stereocenters. The zero-order chi connectivity index (χ0) is 18.0. The van der Waals surface area contributed by atoms with Gasteiger partial charge in [-0.1, -0.05) is 66.8 Å². The predicted molar refractivity (Wildman–Crippen MR) is 108 cm³/mol. The monoisotopic (exact) mass is 344 g/mol. The summed E-state index contributed by atoms with van der Waals surface area (Å²) in [5.74, 6) is 0.917. The van der Waals surface area contributed by atoms with Crippen LogP contribution in [0.4, 0.5) is 0 Å². The second-order valence-corrected chi connectivity index (χ2v) is 6.03. The lowest BCUT2D eigenvalue weighted by Crippen LogP contribution is -2.02. The highest BCUT2D eigenvalue weighted by molar-refractivity contribution is 5.58. The van der Waals surface area contributed by atoms with Crippen LogP contribution in [0, 0.1) is 0 Å². The summed E-state index contributed by atoms with van der Waals surface area (Å²) in [5.41, 5.74) is 3.49. The number of allylic oxidation sites excluding steroid dienone is 1. The van der Waals surface area contributed by atoms with Crippen LogP contribution < -0.4 is 4.74 Å². The lowest BCUT2D eigenvalue weighted by atomic mass is 10.1. The molecule has 0 fully saturated rings. The van der Waals surface area contributed by atoms with Crippen molar-refractivity contribution in [3.63, 3.8) is 0 Å². The Balaban J connectivity index is 1.62. The maximum Gasteiger partial charge on any atom is 0.126 e. The first-order valence-corrected chi connectivity index (χ1v) is 8.92. The molecule has 0 N–H and O–H groups in total. The van der Waals surface area contributed by atoms with Crippen molar-refractivity contribution in [1.82, 2.24) is 9.78 Å². The number of hydrogen-bond acceptors (Lipinski definition) is 2. The lowest BCUT2D eigenvalue weighted by Gasteiger charge is -2.11. The first-order valence-electron chi connectivity index (χ1n) is 8.92. The summed E-state index contributed by atoms with van der Waals surface area (Å²) >= 11 is 0. The van der Waals surface area contributed by atoms with Gasteiger partial charge in [-0.2, -0.15) is 5.10 Å². The summed E-state index contributed by atoms with van der Waals surface area (Å²) < 4.78 is 7.97. The second kappa shape index (κ2) is 9.42. The van der Waals surface area contributed by atoms with Crippen molar-refractivity contribution < 1.29 is 4.74 Å². The topological polar surface area (TPSA) is 27.1 Å². The highest BCUT2D eigenvalue weighted by atomic mass is 16.5. The number of rotatable bonds is 8. The van der Waals surface area contributed by atoms with E-state index < -0.39 is 0 Å². The van der Waals surface area contributed by atoms with Gasteiger partial charge in [0.1, 0.15) is 5.75 Å². The Kier molecular flexibility index (Phi) is 6.43. The molecule has 0 amide bonds. The molecule has 0 aliphatic carbocycles. The molecule has 1 aromatic heterocycles. The van der Waals surface area contributed by atoms with E-state index in [1.54, 1.807) is 6.20 Å². The van der Waals surface area contributed by atoms with Crippen LogP contribution in [0.5, 0.6) is 5.75 Å². The molecule has 0 bridgehead atoms. The molecule has 0 saturated heterocycles. The summed E-state index contributed by atoms with van der Waals surface area (Å²) in [4.78, 5) is 0. The van der Waals surface area contributed by atoms with Gasteiger partial charge in [-0.05, 0) is 36.6 Å². The molecular weight excluding hydrogens is 320 g/mol. The molecule has 26 heavy (non-hydrogen) atoms. The van der Waals surface area contributed by atoms with Crippen LogP contribution in [-0.2, 0) is 6.54 Å². The fourth-order valence-electron chi connectivity index (χ4n) is 2.72. The van der Waals surface area contributed by atoms with E-state index >= 15 is 0 Å². The van der Waals surface area contributed by atoms with E-state index in [-0.39, 0.29) is 0 Å². The van der Waals surface area contributed by atoms with E-state index in [0.717, 1.165) is 24.3 Å². The van der Waals surface area contributed by atoms with Gasteiger partial charge in [-0.15, -0.1) is 0 Å². The molecular formula is C23H24N2O. The third-order valence-corrected chi connectivity index (χ3v) is 3.98. The Labute approximate surface area is 155 Å². The Morgan fingerprint density at radius 2 is 1.92 bits per heavy atom. The fraction of sp³-hybridized carbons (Fsp3) is 0.174. The molecule has 3 heteroatoms. The minimum Gasteiger partial charge on any atom is -0.493 e. The van der Waals surface area contributed by atoms with Crippen molar-refractivity contribution in [2.75, 3.05) is 6.61 Å². The van der Waals surface area contributed by atoms with Crippen LogP contribution in [0.25, 0.3) is 12.2 Å². The van der Waals surface area contributed by atoms with Crippen LogP contribution >= 0.6 is 0 Å². The summed E-state index contributed by atoms with van der Waals surface area (Å²) in [6, 6.07) is 18.6. The largest absolute Gasteiger partial charge is 0.493 e. The van der Waals surface area contributed by atoms with Crippen molar-refractivity contribution in [2.24, 2.45) is 0 Å². The summed E-state index contributed by atoms with van der Waals surface area (Å²) in [5, 5.41) is 4.27. The maximum absolute atomic E-state index is 6.06. The average molecular weight is 344 g/mol.